The minimum atomic E-state index is -0.541. The molecule has 1 saturated heterocycles. The van der Waals surface area contributed by atoms with Crippen LogP contribution >= 0.6 is 46.6 Å². The van der Waals surface area contributed by atoms with Crippen molar-refractivity contribution < 1.29 is 14.3 Å². The molecule has 1 N–H and O–H groups in total. The highest BCUT2D eigenvalue weighted by molar-refractivity contribution is 7.99. The third kappa shape index (κ3) is 6.45. The molecule has 0 bridgehead atoms. The van der Waals surface area contributed by atoms with Gasteiger partial charge in [-0.05, 0) is 58.0 Å². The molecular weight excluding hydrogens is 607 g/mol. The molecule has 0 radical (unpaired) electrons. The number of carbonyl (C=O) groups is 2. The van der Waals surface area contributed by atoms with E-state index in [4.69, 9.17) is 39.5 Å². The maximum atomic E-state index is 13.2. The summed E-state index contributed by atoms with van der Waals surface area (Å²) in [5, 5.41) is 5.09. The molecule has 0 spiro atoms. The average Bonchev–Trinajstić information content (AvgIpc) is 2.89. The van der Waals surface area contributed by atoms with Crippen LogP contribution in [0.5, 0.6) is 0 Å². The largest absolute Gasteiger partial charge is 0.444 e. The van der Waals surface area contributed by atoms with Gasteiger partial charge >= 0.3 is 6.09 Å². The number of nitrogens with one attached hydrogen (secondary N) is 1. The van der Waals surface area contributed by atoms with Crippen LogP contribution in [-0.4, -0.2) is 64.0 Å². The number of hydrogen-bond acceptors (Lipinski definition) is 8. The Bertz CT molecular complexity index is 1480. The predicted molar refractivity (Wildman–Crippen MR) is 165 cm³/mol. The molecule has 2 amide bonds. The fraction of sp³-hybridized carbons (Fsp3) is 0.357. The van der Waals surface area contributed by atoms with Crippen molar-refractivity contribution >= 4 is 81.6 Å². The van der Waals surface area contributed by atoms with Gasteiger partial charge in [-0.3, -0.25) is 9.69 Å². The quantitative estimate of drug-likeness (QED) is 0.298. The van der Waals surface area contributed by atoms with Crippen molar-refractivity contribution in [3.05, 3.63) is 63.2 Å². The van der Waals surface area contributed by atoms with E-state index in [-0.39, 0.29) is 18.0 Å². The Hall–Kier alpha value is -2.92. The van der Waals surface area contributed by atoms with Crippen LogP contribution in [0.15, 0.2) is 47.6 Å². The maximum absolute atomic E-state index is 13.2. The van der Waals surface area contributed by atoms with E-state index in [1.807, 2.05) is 45.9 Å². The lowest BCUT2D eigenvalue weighted by atomic mass is 10.1. The van der Waals surface area contributed by atoms with Crippen LogP contribution < -0.4 is 15.1 Å². The third-order valence-corrected chi connectivity index (χ3v) is 8.45. The van der Waals surface area contributed by atoms with Crippen LogP contribution in [0.3, 0.4) is 0 Å². The van der Waals surface area contributed by atoms with Gasteiger partial charge in [0.25, 0.3) is 5.91 Å². The normalized spacial score (nSPS) is 17.4. The van der Waals surface area contributed by atoms with Gasteiger partial charge in [0, 0.05) is 37.6 Å². The number of ether oxygens (including phenoxy) is 1. The standard InChI is InChI=1S/C28H29Cl3N6O3S/c1-16-14-35(10-11-36(16)27(39)40-28(2,3)4)22-9-8-17(12-21(22)31)33-26-32-13-18-24(34-26)41-15-37(25(18)38)23-19(29)6-5-7-20(23)30/h5-9,12-13,16H,10-11,14-15H2,1-4H3,(H,32,33,34). The minimum absolute atomic E-state index is 0.0403. The van der Waals surface area contributed by atoms with Crippen molar-refractivity contribution in [2.24, 2.45) is 0 Å². The number of fused-ring (bicyclic) bond motifs is 1. The first-order valence-corrected chi connectivity index (χ1v) is 15.1. The number of amides is 2. The third-order valence-electron chi connectivity index (χ3n) is 6.57. The molecule has 9 nitrogen and oxygen atoms in total. The van der Waals surface area contributed by atoms with Crippen molar-refractivity contribution in [1.29, 1.82) is 0 Å². The van der Waals surface area contributed by atoms with Crippen LogP contribution in [-0.2, 0) is 4.74 Å². The molecule has 2 aliphatic heterocycles. The molecule has 216 valence electrons. The fourth-order valence-corrected chi connectivity index (χ4v) is 6.51. The molecule has 1 aromatic heterocycles. The highest BCUT2D eigenvalue weighted by Gasteiger charge is 2.32. The molecule has 1 atom stereocenters. The zero-order chi connectivity index (χ0) is 29.5. The van der Waals surface area contributed by atoms with Gasteiger partial charge in [0.15, 0.2) is 0 Å². The molecular formula is C28H29Cl3N6O3S. The van der Waals surface area contributed by atoms with Crippen LogP contribution in [0.1, 0.15) is 38.1 Å². The lowest BCUT2D eigenvalue weighted by molar-refractivity contribution is 0.0159. The van der Waals surface area contributed by atoms with Gasteiger partial charge in [-0.1, -0.05) is 52.6 Å². The number of carbonyl (C=O) groups excluding carboxylic acids is 2. The Labute approximate surface area is 258 Å². The molecule has 0 aliphatic carbocycles. The Kier molecular flexibility index (Phi) is 8.48. The summed E-state index contributed by atoms with van der Waals surface area (Å²) in [7, 11) is 0. The number of anilines is 4. The number of halogens is 3. The van der Waals surface area contributed by atoms with E-state index < -0.39 is 5.60 Å². The van der Waals surface area contributed by atoms with Crippen molar-refractivity contribution in [2.45, 2.75) is 44.4 Å². The molecule has 41 heavy (non-hydrogen) atoms. The Morgan fingerprint density at radius 1 is 1.10 bits per heavy atom. The average molecular weight is 636 g/mol. The van der Waals surface area contributed by atoms with E-state index in [2.05, 4.69) is 20.2 Å². The van der Waals surface area contributed by atoms with E-state index in [1.165, 1.54) is 22.9 Å². The van der Waals surface area contributed by atoms with E-state index >= 15 is 0 Å². The van der Waals surface area contributed by atoms with E-state index in [1.54, 1.807) is 23.1 Å². The summed E-state index contributed by atoms with van der Waals surface area (Å²) in [5.41, 5.74) is 1.88. The van der Waals surface area contributed by atoms with Gasteiger partial charge in [0.05, 0.1) is 37.9 Å². The van der Waals surface area contributed by atoms with Gasteiger partial charge in [-0.2, -0.15) is 0 Å². The molecule has 3 aromatic rings. The summed E-state index contributed by atoms with van der Waals surface area (Å²) in [6.07, 6.45) is 1.19. The van der Waals surface area contributed by atoms with Crippen molar-refractivity contribution in [1.82, 2.24) is 14.9 Å². The molecule has 13 heteroatoms. The first-order valence-electron chi connectivity index (χ1n) is 13.0. The maximum Gasteiger partial charge on any atom is 0.410 e. The fourth-order valence-electron chi connectivity index (χ4n) is 4.66. The van der Waals surface area contributed by atoms with Gasteiger partial charge in [-0.25, -0.2) is 14.8 Å². The Morgan fingerprint density at radius 3 is 2.49 bits per heavy atom. The minimum Gasteiger partial charge on any atom is -0.444 e. The second-order valence-electron chi connectivity index (χ2n) is 10.7. The summed E-state index contributed by atoms with van der Waals surface area (Å²) in [4.78, 5) is 40.1. The summed E-state index contributed by atoms with van der Waals surface area (Å²) < 4.78 is 5.55. The molecule has 1 unspecified atom stereocenters. The number of para-hydroxylation sites is 1. The topological polar surface area (TPSA) is 90.9 Å². The van der Waals surface area contributed by atoms with Crippen LogP contribution in [0.4, 0.5) is 27.8 Å². The number of nitrogens with zero attached hydrogens (tertiary/aromatic N) is 5. The van der Waals surface area contributed by atoms with Crippen molar-refractivity contribution in [3.8, 4) is 0 Å². The number of rotatable bonds is 4. The lowest BCUT2D eigenvalue weighted by Crippen LogP contribution is -2.55. The van der Waals surface area contributed by atoms with Crippen molar-refractivity contribution in [2.75, 3.05) is 40.6 Å². The van der Waals surface area contributed by atoms with Crippen molar-refractivity contribution in [3.63, 3.8) is 0 Å². The van der Waals surface area contributed by atoms with Gasteiger partial charge < -0.3 is 19.9 Å². The SMILES string of the molecule is CC1CN(c2ccc(Nc3ncc4c(n3)SCN(c3c(Cl)cccc3Cl)C4=O)cc2Cl)CCN1C(=O)OC(C)(C)C. The van der Waals surface area contributed by atoms with E-state index in [0.717, 1.165) is 5.69 Å². The smallest absolute Gasteiger partial charge is 0.410 e. The van der Waals surface area contributed by atoms with E-state index in [0.29, 0.717) is 68.5 Å². The summed E-state index contributed by atoms with van der Waals surface area (Å²) >= 11 is 20.7. The molecule has 3 heterocycles. The van der Waals surface area contributed by atoms with Gasteiger partial charge in [0.1, 0.15) is 10.6 Å². The van der Waals surface area contributed by atoms with E-state index in [9.17, 15) is 9.59 Å². The predicted octanol–water partition coefficient (Wildman–Crippen LogP) is 7.34. The summed E-state index contributed by atoms with van der Waals surface area (Å²) in [5.74, 6) is 0.386. The zero-order valence-electron chi connectivity index (χ0n) is 23.0. The van der Waals surface area contributed by atoms with Crippen LogP contribution in [0.2, 0.25) is 15.1 Å². The second kappa shape index (κ2) is 11.8. The highest BCUT2D eigenvalue weighted by Crippen LogP contribution is 2.39. The molecule has 2 aliphatic rings. The summed E-state index contributed by atoms with van der Waals surface area (Å²) in [6.45, 7) is 9.38. The van der Waals surface area contributed by atoms with Gasteiger partial charge in [0.2, 0.25) is 5.95 Å². The molecule has 2 aromatic carbocycles. The van der Waals surface area contributed by atoms with Crippen LogP contribution in [0.25, 0.3) is 0 Å². The monoisotopic (exact) mass is 634 g/mol. The Morgan fingerprint density at radius 2 is 1.83 bits per heavy atom. The number of piperazine rings is 1. The van der Waals surface area contributed by atoms with Gasteiger partial charge in [-0.15, -0.1) is 0 Å². The summed E-state index contributed by atoms with van der Waals surface area (Å²) in [6, 6.07) is 10.7. The zero-order valence-corrected chi connectivity index (χ0v) is 26.0. The molecule has 5 rings (SSSR count). The molecule has 0 saturated carbocycles. The lowest BCUT2D eigenvalue weighted by Gasteiger charge is -2.41. The molecule has 1 fully saturated rings. The first kappa shape index (κ1) is 29.6. The number of thioether (sulfide) groups is 1. The number of benzene rings is 2. The number of hydrogen-bond donors (Lipinski definition) is 1. The second-order valence-corrected chi connectivity index (χ2v) is 12.9. The Balaban J connectivity index is 1.26. The number of aromatic nitrogens is 2. The van der Waals surface area contributed by atoms with Crippen LogP contribution in [0, 0.1) is 0 Å². The first-order chi connectivity index (χ1) is 19.4. The highest BCUT2D eigenvalue weighted by atomic mass is 35.5.